The third kappa shape index (κ3) is 2.12. The van der Waals surface area contributed by atoms with Crippen molar-refractivity contribution in [2.75, 3.05) is 26.8 Å². The predicted molar refractivity (Wildman–Crippen MR) is 53.6 cm³/mol. The van der Waals surface area contributed by atoms with Crippen molar-refractivity contribution in [3.63, 3.8) is 0 Å². The molecule has 1 fully saturated rings. The van der Waals surface area contributed by atoms with Crippen LogP contribution >= 0.6 is 0 Å². The average molecular weight is 181 g/mol. The number of nitrogens with one attached hydrogen (secondary N) is 1. The number of hydrogen-bond donors (Lipinski definition) is 1. The smallest absolute Gasteiger partial charge is 0.0587 e. The first-order valence-electron chi connectivity index (χ1n) is 5.28. The van der Waals surface area contributed by atoms with E-state index in [2.05, 4.69) is 17.5 Å². The van der Waals surface area contributed by atoms with E-state index in [-0.39, 0.29) is 0 Å². The molecule has 1 saturated carbocycles. The van der Waals surface area contributed by atoms with Gasteiger partial charge in [-0.25, -0.2) is 0 Å². The second kappa shape index (κ2) is 4.25. The third-order valence-electron chi connectivity index (χ3n) is 3.31. The Morgan fingerprint density at radius 2 is 2.31 bits per heavy atom. The van der Waals surface area contributed by atoms with Gasteiger partial charge in [0.25, 0.3) is 0 Å². The van der Waals surface area contributed by atoms with Gasteiger partial charge in [0.05, 0.1) is 6.61 Å². The minimum Gasteiger partial charge on any atom is -0.383 e. The van der Waals surface area contributed by atoms with Crippen LogP contribution in [0.4, 0.5) is 0 Å². The van der Waals surface area contributed by atoms with Gasteiger partial charge in [0.15, 0.2) is 0 Å². The van der Waals surface area contributed by atoms with Gasteiger partial charge in [0, 0.05) is 13.7 Å². The summed E-state index contributed by atoms with van der Waals surface area (Å²) < 4.78 is 4.99. The maximum Gasteiger partial charge on any atom is 0.0587 e. The highest BCUT2D eigenvalue weighted by Crippen LogP contribution is 2.42. The normalized spacial score (nSPS) is 35.9. The summed E-state index contributed by atoms with van der Waals surface area (Å²) in [5.74, 6) is 2.67. The van der Waals surface area contributed by atoms with Gasteiger partial charge < -0.3 is 10.1 Å². The summed E-state index contributed by atoms with van der Waals surface area (Å²) in [5.41, 5.74) is 0. The Balaban J connectivity index is 1.64. The highest BCUT2D eigenvalue weighted by molar-refractivity contribution is 5.10. The van der Waals surface area contributed by atoms with Crippen molar-refractivity contribution >= 4 is 0 Å². The fourth-order valence-electron chi connectivity index (χ4n) is 2.59. The van der Waals surface area contributed by atoms with E-state index in [1.807, 2.05) is 0 Å². The van der Waals surface area contributed by atoms with E-state index >= 15 is 0 Å². The second-order valence-electron chi connectivity index (χ2n) is 4.24. The summed E-state index contributed by atoms with van der Waals surface area (Å²) in [4.78, 5) is 0. The van der Waals surface area contributed by atoms with Crippen LogP contribution in [0.1, 0.15) is 12.8 Å². The van der Waals surface area contributed by atoms with Gasteiger partial charge in [0.1, 0.15) is 0 Å². The van der Waals surface area contributed by atoms with Gasteiger partial charge in [-0.2, -0.15) is 0 Å². The van der Waals surface area contributed by atoms with Crippen LogP contribution in [0.2, 0.25) is 0 Å². The van der Waals surface area contributed by atoms with Crippen molar-refractivity contribution in [3.8, 4) is 0 Å². The van der Waals surface area contributed by atoms with E-state index in [0.29, 0.717) is 0 Å². The largest absolute Gasteiger partial charge is 0.383 e. The Morgan fingerprint density at radius 3 is 2.92 bits per heavy atom. The molecule has 2 aliphatic rings. The zero-order chi connectivity index (χ0) is 9.10. The van der Waals surface area contributed by atoms with Crippen molar-refractivity contribution in [3.05, 3.63) is 12.2 Å². The topological polar surface area (TPSA) is 21.3 Å². The molecule has 2 bridgehead atoms. The SMILES string of the molecule is COCCNCC1CC2C=CC1C2. The first kappa shape index (κ1) is 9.22. The molecule has 0 saturated heterocycles. The van der Waals surface area contributed by atoms with Crippen molar-refractivity contribution in [1.82, 2.24) is 5.32 Å². The molecule has 0 aromatic heterocycles. The van der Waals surface area contributed by atoms with Gasteiger partial charge >= 0.3 is 0 Å². The molecular weight excluding hydrogens is 162 g/mol. The minimum absolute atomic E-state index is 0.830. The Morgan fingerprint density at radius 1 is 1.38 bits per heavy atom. The Labute approximate surface area is 80.4 Å². The van der Waals surface area contributed by atoms with E-state index in [0.717, 1.165) is 30.9 Å². The van der Waals surface area contributed by atoms with Crippen molar-refractivity contribution < 1.29 is 4.74 Å². The maximum absolute atomic E-state index is 4.99. The van der Waals surface area contributed by atoms with E-state index in [1.165, 1.54) is 19.4 Å². The van der Waals surface area contributed by atoms with E-state index < -0.39 is 0 Å². The standard InChI is InChI=1S/C11H19NO/c1-13-5-4-12-8-11-7-9-2-3-10(11)6-9/h2-3,9-12H,4-8H2,1H3. The number of ether oxygens (including phenoxy) is 1. The minimum atomic E-state index is 0.830. The van der Waals surface area contributed by atoms with Crippen molar-refractivity contribution in [1.29, 1.82) is 0 Å². The first-order chi connectivity index (χ1) is 6.40. The molecule has 0 heterocycles. The molecule has 0 amide bonds. The lowest BCUT2D eigenvalue weighted by Gasteiger charge is -2.18. The van der Waals surface area contributed by atoms with Crippen molar-refractivity contribution in [2.45, 2.75) is 12.8 Å². The molecule has 74 valence electrons. The summed E-state index contributed by atoms with van der Waals surface area (Å²) in [6, 6.07) is 0. The number of allylic oxidation sites excluding steroid dienone is 2. The molecule has 0 radical (unpaired) electrons. The zero-order valence-corrected chi connectivity index (χ0v) is 8.33. The van der Waals surface area contributed by atoms with Crippen LogP contribution in [0, 0.1) is 17.8 Å². The van der Waals surface area contributed by atoms with Gasteiger partial charge in [-0.3, -0.25) is 0 Å². The van der Waals surface area contributed by atoms with Crippen LogP contribution in [0.3, 0.4) is 0 Å². The third-order valence-corrected chi connectivity index (χ3v) is 3.31. The number of fused-ring (bicyclic) bond motifs is 2. The quantitative estimate of drug-likeness (QED) is 0.512. The average Bonchev–Trinajstić information content (AvgIpc) is 2.73. The van der Waals surface area contributed by atoms with Gasteiger partial charge in [-0.15, -0.1) is 0 Å². The summed E-state index contributed by atoms with van der Waals surface area (Å²) in [6.07, 6.45) is 7.63. The number of methoxy groups -OCH3 is 1. The number of hydrogen-bond acceptors (Lipinski definition) is 2. The lowest BCUT2D eigenvalue weighted by molar-refractivity contribution is 0.197. The van der Waals surface area contributed by atoms with Crippen molar-refractivity contribution in [2.24, 2.45) is 17.8 Å². The summed E-state index contributed by atoms with van der Waals surface area (Å²) in [5, 5.41) is 3.45. The molecule has 3 atom stereocenters. The highest BCUT2D eigenvalue weighted by atomic mass is 16.5. The monoisotopic (exact) mass is 181 g/mol. The van der Waals surface area contributed by atoms with Crippen LogP contribution in [0.25, 0.3) is 0 Å². The molecule has 0 aliphatic heterocycles. The highest BCUT2D eigenvalue weighted by Gasteiger charge is 2.34. The van der Waals surface area contributed by atoms with Gasteiger partial charge in [-0.05, 0) is 37.1 Å². The summed E-state index contributed by atoms with van der Waals surface area (Å²) >= 11 is 0. The fourth-order valence-corrected chi connectivity index (χ4v) is 2.59. The molecule has 2 rings (SSSR count). The van der Waals surface area contributed by atoms with Crippen LogP contribution in [-0.4, -0.2) is 26.8 Å². The zero-order valence-electron chi connectivity index (χ0n) is 8.33. The van der Waals surface area contributed by atoms with E-state index in [1.54, 1.807) is 7.11 Å². The lowest BCUT2D eigenvalue weighted by Crippen LogP contribution is -2.28. The predicted octanol–water partition coefficient (Wildman–Crippen LogP) is 1.43. The summed E-state index contributed by atoms with van der Waals surface area (Å²) in [6.45, 7) is 3.00. The van der Waals surface area contributed by atoms with E-state index in [9.17, 15) is 0 Å². The molecule has 2 aliphatic carbocycles. The van der Waals surface area contributed by atoms with Gasteiger partial charge in [0.2, 0.25) is 0 Å². The van der Waals surface area contributed by atoms with Crippen LogP contribution in [-0.2, 0) is 4.74 Å². The van der Waals surface area contributed by atoms with Gasteiger partial charge in [-0.1, -0.05) is 12.2 Å². The molecule has 2 nitrogen and oxygen atoms in total. The second-order valence-corrected chi connectivity index (χ2v) is 4.24. The maximum atomic E-state index is 4.99. The molecule has 0 spiro atoms. The molecular formula is C11H19NO. The van der Waals surface area contributed by atoms with E-state index in [4.69, 9.17) is 4.74 Å². The van der Waals surface area contributed by atoms with Crippen LogP contribution < -0.4 is 5.32 Å². The molecule has 13 heavy (non-hydrogen) atoms. The fraction of sp³-hybridized carbons (Fsp3) is 0.818. The molecule has 2 heteroatoms. The Hall–Kier alpha value is -0.340. The molecule has 3 unspecified atom stereocenters. The van der Waals surface area contributed by atoms with Crippen LogP contribution in [0.5, 0.6) is 0 Å². The Kier molecular flexibility index (Phi) is 3.01. The lowest BCUT2D eigenvalue weighted by atomic mass is 9.94. The molecule has 0 aromatic rings. The molecule has 1 N–H and O–H groups in total. The van der Waals surface area contributed by atoms with Crippen LogP contribution in [0.15, 0.2) is 12.2 Å². The summed E-state index contributed by atoms with van der Waals surface area (Å²) in [7, 11) is 1.75. The first-order valence-corrected chi connectivity index (χ1v) is 5.28. The number of rotatable bonds is 5. The Bertz CT molecular complexity index is 191. The molecule has 0 aromatic carbocycles.